The molecule has 0 saturated heterocycles. The summed E-state index contributed by atoms with van der Waals surface area (Å²) in [5, 5.41) is 0. The molecule has 0 bridgehead atoms. The van der Waals surface area contributed by atoms with Gasteiger partial charge in [0.2, 0.25) is 0 Å². The van der Waals surface area contributed by atoms with E-state index < -0.39 is 0 Å². The molecule has 0 aliphatic carbocycles. The number of halogens is 2. The van der Waals surface area contributed by atoms with Gasteiger partial charge in [0.1, 0.15) is 0 Å². The summed E-state index contributed by atoms with van der Waals surface area (Å²) in [7, 11) is 0. The molecule has 0 fully saturated rings. The van der Waals surface area contributed by atoms with Crippen molar-refractivity contribution in [3.8, 4) is 12.3 Å². The van der Waals surface area contributed by atoms with Crippen molar-refractivity contribution in [2.45, 2.75) is 26.7 Å². The van der Waals surface area contributed by atoms with Gasteiger partial charge in [0.25, 0.3) is 0 Å². The molecule has 0 atom stereocenters. The van der Waals surface area contributed by atoms with Gasteiger partial charge in [-0.15, -0.1) is 12.3 Å². The molecule has 0 aromatic rings. The van der Waals surface area contributed by atoms with E-state index in [0.29, 0.717) is 0 Å². The van der Waals surface area contributed by atoms with E-state index in [-0.39, 0.29) is 57.0 Å². The standard InChI is InChI=1S/C7H12.2BrH.Mg/c1-4-5-6-7(2)3;;;/h1,7H,5-6H2,2-3H3;2*1H;/q;;;+2/p-2. The van der Waals surface area contributed by atoms with Crippen LogP contribution in [0.15, 0.2) is 0 Å². The van der Waals surface area contributed by atoms with Crippen LogP contribution >= 0.6 is 0 Å². The first kappa shape index (κ1) is 22.5. The van der Waals surface area contributed by atoms with Crippen LogP contribution in [0.3, 0.4) is 0 Å². The van der Waals surface area contributed by atoms with Gasteiger partial charge in [-0.05, 0) is 12.3 Å². The molecule has 0 N–H and O–H groups in total. The maximum atomic E-state index is 5.03. The molecule has 0 nitrogen and oxygen atoms in total. The van der Waals surface area contributed by atoms with Crippen molar-refractivity contribution < 1.29 is 34.0 Å². The number of terminal acetylenes is 1. The first-order valence-corrected chi connectivity index (χ1v) is 2.71. The van der Waals surface area contributed by atoms with Gasteiger partial charge in [-0.1, -0.05) is 13.8 Å². The Labute approximate surface area is 101 Å². The SMILES string of the molecule is C#CCCC(C)C.[Br-].[Br-].[Mg+2]. The van der Waals surface area contributed by atoms with Crippen molar-refractivity contribution in [1.29, 1.82) is 0 Å². The van der Waals surface area contributed by atoms with Crippen LogP contribution < -0.4 is 34.0 Å². The van der Waals surface area contributed by atoms with Gasteiger partial charge in [0.05, 0.1) is 0 Å². The fourth-order valence-corrected chi connectivity index (χ4v) is 0.372. The third kappa shape index (κ3) is 22.8. The van der Waals surface area contributed by atoms with E-state index in [9.17, 15) is 0 Å². The Hall–Kier alpha value is 1.29. The zero-order valence-electron chi connectivity index (χ0n) is 6.53. The molecule has 0 aromatic heterocycles. The monoisotopic (exact) mass is 278 g/mol. The van der Waals surface area contributed by atoms with Crippen LogP contribution in [0.4, 0.5) is 0 Å². The Morgan fingerprint density at radius 1 is 1.30 bits per heavy atom. The van der Waals surface area contributed by atoms with Crippen molar-refractivity contribution in [3.05, 3.63) is 0 Å². The Balaban J connectivity index is -0.0000000600. The largest absolute Gasteiger partial charge is 2.00 e. The van der Waals surface area contributed by atoms with E-state index >= 15 is 0 Å². The molecule has 56 valence electrons. The fraction of sp³-hybridized carbons (Fsp3) is 0.714. The number of hydrogen-bond donors (Lipinski definition) is 0. The second-order valence-electron chi connectivity index (χ2n) is 2.14. The summed E-state index contributed by atoms with van der Waals surface area (Å²) in [4.78, 5) is 0. The summed E-state index contributed by atoms with van der Waals surface area (Å²) in [6, 6.07) is 0. The van der Waals surface area contributed by atoms with E-state index in [1.54, 1.807) is 0 Å². The van der Waals surface area contributed by atoms with Gasteiger partial charge in [-0.2, -0.15) is 0 Å². The third-order valence-electron chi connectivity index (χ3n) is 0.866. The molecular weight excluding hydrogens is 268 g/mol. The van der Waals surface area contributed by atoms with Gasteiger partial charge >= 0.3 is 23.1 Å². The van der Waals surface area contributed by atoms with E-state index in [2.05, 4.69) is 19.8 Å². The molecule has 0 spiro atoms. The minimum atomic E-state index is 0. The smallest absolute Gasteiger partial charge is 1.00 e. The predicted octanol–water partition coefficient (Wildman–Crippen LogP) is -4.32. The Bertz CT molecular complexity index is 76.2. The van der Waals surface area contributed by atoms with E-state index in [1.807, 2.05) is 0 Å². The summed E-state index contributed by atoms with van der Waals surface area (Å²) in [5.74, 6) is 3.36. The second kappa shape index (κ2) is 16.7. The van der Waals surface area contributed by atoms with Crippen molar-refractivity contribution >= 4 is 23.1 Å². The molecule has 0 heterocycles. The molecule has 10 heavy (non-hydrogen) atoms. The third-order valence-corrected chi connectivity index (χ3v) is 0.866. The summed E-state index contributed by atoms with van der Waals surface area (Å²) in [6.45, 7) is 4.36. The summed E-state index contributed by atoms with van der Waals surface area (Å²) in [5.41, 5.74) is 0. The molecule has 0 saturated carbocycles. The first-order valence-electron chi connectivity index (χ1n) is 2.71. The predicted molar refractivity (Wildman–Crippen MR) is 38.7 cm³/mol. The van der Waals surface area contributed by atoms with Crippen LogP contribution in [0.2, 0.25) is 0 Å². The maximum absolute atomic E-state index is 5.03. The van der Waals surface area contributed by atoms with Gasteiger partial charge < -0.3 is 34.0 Å². The maximum Gasteiger partial charge on any atom is 2.00 e. The molecule has 0 radical (unpaired) electrons. The number of hydrogen-bond acceptors (Lipinski definition) is 0. The summed E-state index contributed by atoms with van der Waals surface area (Å²) >= 11 is 0. The molecule has 0 unspecified atom stereocenters. The Morgan fingerprint density at radius 3 is 1.80 bits per heavy atom. The minimum Gasteiger partial charge on any atom is -1.00 e. The normalized spacial score (nSPS) is 6.20. The first-order chi connectivity index (χ1) is 3.27. The van der Waals surface area contributed by atoms with E-state index in [4.69, 9.17) is 6.42 Å². The van der Waals surface area contributed by atoms with Crippen LogP contribution in [0.5, 0.6) is 0 Å². The number of rotatable bonds is 2. The minimum absolute atomic E-state index is 0. The van der Waals surface area contributed by atoms with Gasteiger partial charge in [-0.25, -0.2) is 0 Å². The van der Waals surface area contributed by atoms with Crippen LogP contribution in [0.1, 0.15) is 26.7 Å². The summed E-state index contributed by atoms with van der Waals surface area (Å²) in [6.07, 6.45) is 7.12. The van der Waals surface area contributed by atoms with Crippen LogP contribution in [0.25, 0.3) is 0 Å². The van der Waals surface area contributed by atoms with Crippen molar-refractivity contribution in [2.75, 3.05) is 0 Å². The molecule has 0 amide bonds. The van der Waals surface area contributed by atoms with Crippen molar-refractivity contribution in [3.63, 3.8) is 0 Å². The Morgan fingerprint density at radius 2 is 1.70 bits per heavy atom. The second-order valence-corrected chi connectivity index (χ2v) is 2.14. The van der Waals surface area contributed by atoms with Gasteiger partial charge in [0.15, 0.2) is 0 Å². The van der Waals surface area contributed by atoms with Crippen molar-refractivity contribution in [1.82, 2.24) is 0 Å². The van der Waals surface area contributed by atoms with Gasteiger partial charge in [0, 0.05) is 6.42 Å². The summed E-state index contributed by atoms with van der Waals surface area (Å²) < 4.78 is 0. The quantitative estimate of drug-likeness (QED) is 0.355. The van der Waals surface area contributed by atoms with Crippen molar-refractivity contribution in [2.24, 2.45) is 5.92 Å². The molecule has 0 aromatic carbocycles. The zero-order chi connectivity index (χ0) is 5.70. The van der Waals surface area contributed by atoms with Gasteiger partial charge in [-0.3, -0.25) is 0 Å². The average Bonchev–Trinajstić information content (AvgIpc) is 1.61. The molecule has 0 rings (SSSR count). The van der Waals surface area contributed by atoms with Crippen LogP contribution in [0, 0.1) is 18.3 Å². The van der Waals surface area contributed by atoms with Crippen LogP contribution in [-0.2, 0) is 0 Å². The van der Waals surface area contributed by atoms with Crippen LogP contribution in [-0.4, -0.2) is 23.1 Å². The van der Waals surface area contributed by atoms with E-state index in [1.165, 1.54) is 0 Å². The zero-order valence-corrected chi connectivity index (χ0v) is 11.1. The average molecular weight is 280 g/mol. The molecule has 0 aliphatic rings. The molecule has 3 heteroatoms. The topological polar surface area (TPSA) is 0 Å². The Kier molecular flexibility index (Phi) is 37.6. The molecular formula is C7H12Br2Mg. The molecule has 0 aliphatic heterocycles. The fourth-order valence-electron chi connectivity index (χ4n) is 0.372. The van der Waals surface area contributed by atoms with E-state index in [0.717, 1.165) is 18.8 Å².